The molecule has 3 aromatic rings. The fraction of sp³-hybridized carbons (Fsp3) is 0.217. The monoisotopic (exact) mass is 448 g/mol. The first-order chi connectivity index (χ1) is 15.8. The van der Waals surface area contributed by atoms with Crippen LogP contribution in [0, 0.1) is 6.92 Å². The van der Waals surface area contributed by atoms with E-state index < -0.39 is 11.5 Å². The van der Waals surface area contributed by atoms with Crippen LogP contribution >= 0.6 is 0 Å². The van der Waals surface area contributed by atoms with Crippen LogP contribution in [-0.2, 0) is 4.74 Å². The first-order valence-corrected chi connectivity index (χ1v) is 10.4. The van der Waals surface area contributed by atoms with E-state index in [-0.39, 0.29) is 17.4 Å². The van der Waals surface area contributed by atoms with Crippen LogP contribution in [0.5, 0.6) is 0 Å². The number of amides is 2. The molecule has 10 nitrogen and oxygen atoms in total. The number of ether oxygens (including phenoxy) is 1. The first-order valence-electron chi connectivity index (χ1n) is 10.4. The van der Waals surface area contributed by atoms with Gasteiger partial charge in [0, 0.05) is 41.8 Å². The number of aromatic nitrogens is 2. The SMILES string of the molecule is Cc1c(C(N)=O)cccc1-c1c[nH]c(=O)c(Nc2ccc(C(=O)N3CCOCC3)c(N)c2)n1. The summed E-state index contributed by atoms with van der Waals surface area (Å²) in [7, 11) is 0. The van der Waals surface area contributed by atoms with E-state index in [1.807, 2.05) is 0 Å². The van der Waals surface area contributed by atoms with E-state index >= 15 is 0 Å². The van der Waals surface area contributed by atoms with E-state index in [1.165, 1.54) is 6.20 Å². The molecule has 1 saturated heterocycles. The number of hydrogen-bond donors (Lipinski definition) is 4. The van der Waals surface area contributed by atoms with Crippen molar-refractivity contribution < 1.29 is 14.3 Å². The number of hydrogen-bond acceptors (Lipinski definition) is 7. The molecule has 6 N–H and O–H groups in total. The van der Waals surface area contributed by atoms with Gasteiger partial charge >= 0.3 is 0 Å². The minimum Gasteiger partial charge on any atom is -0.398 e. The molecule has 2 amide bonds. The van der Waals surface area contributed by atoms with E-state index in [1.54, 1.807) is 48.2 Å². The van der Waals surface area contributed by atoms with Crippen molar-refractivity contribution in [2.75, 3.05) is 37.4 Å². The molecule has 0 radical (unpaired) electrons. The van der Waals surface area contributed by atoms with Gasteiger partial charge in [-0.15, -0.1) is 0 Å². The van der Waals surface area contributed by atoms with Crippen LogP contribution in [0.3, 0.4) is 0 Å². The lowest BCUT2D eigenvalue weighted by atomic mass is 10.00. The number of nitrogens with one attached hydrogen (secondary N) is 2. The van der Waals surface area contributed by atoms with Crippen molar-refractivity contribution in [1.82, 2.24) is 14.9 Å². The molecule has 0 unspecified atom stereocenters. The Balaban J connectivity index is 1.61. The number of aromatic amines is 1. The number of carbonyl (C=O) groups excluding carboxylic acids is 2. The molecule has 1 aliphatic rings. The Kier molecular flexibility index (Phi) is 6.09. The van der Waals surface area contributed by atoms with Gasteiger partial charge in [-0.1, -0.05) is 12.1 Å². The average Bonchev–Trinajstić information content (AvgIpc) is 2.81. The maximum atomic E-state index is 12.7. The minimum atomic E-state index is -0.542. The highest BCUT2D eigenvalue weighted by Crippen LogP contribution is 2.25. The topological polar surface area (TPSA) is 156 Å². The second-order valence-electron chi connectivity index (χ2n) is 7.64. The van der Waals surface area contributed by atoms with Crippen molar-refractivity contribution >= 4 is 29.0 Å². The average molecular weight is 448 g/mol. The largest absolute Gasteiger partial charge is 0.398 e. The zero-order valence-corrected chi connectivity index (χ0v) is 18.1. The number of carbonyl (C=O) groups is 2. The maximum absolute atomic E-state index is 12.7. The third kappa shape index (κ3) is 4.55. The smallest absolute Gasteiger partial charge is 0.291 e. The molecule has 4 rings (SSSR count). The summed E-state index contributed by atoms with van der Waals surface area (Å²) in [5, 5.41) is 2.95. The van der Waals surface area contributed by atoms with Gasteiger partial charge in [0.15, 0.2) is 5.82 Å². The summed E-state index contributed by atoms with van der Waals surface area (Å²) in [6, 6.07) is 9.99. The van der Waals surface area contributed by atoms with E-state index in [4.69, 9.17) is 16.2 Å². The van der Waals surface area contributed by atoms with Crippen LogP contribution in [0.25, 0.3) is 11.3 Å². The molecule has 0 aliphatic carbocycles. The third-order valence-corrected chi connectivity index (χ3v) is 5.51. The molecule has 1 fully saturated rings. The van der Waals surface area contributed by atoms with Gasteiger partial charge < -0.3 is 31.4 Å². The molecule has 0 bridgehead atoms. The second kappa shape index (κ2) is 9.13. The summed E-state index contributed by atoms with van der Waals surface area (Å²) in [5.74, 6) is -0.660. The fourth-order valence-corrected chi connectivity index (χ4v) is 3.72. The molecule has 10 heteroatoms. The predicted molar refractivity (Wildman–Crippen MR) is 124 cm³/mol. The molecule has 1 aromatic heterocycles. The van der Waals surface area contributed by atoms with Gasteiger partial charge in [-0.05, 0) is 36.8 Å². The Bertz CT molecular complexity index is 1280. The van der Waals surface area contributed by atoms with Crippen LogP contribution in [0.15, 0.2) is 47.4 Å². The number of rotatable bonds is 5. The van der Waals surface area contributed by atoms with Crippen molar-refractivity contribution in [2.45, 2.75) is 6.92 Å². The van der Waals surface area contributed by atoms with Gasteiger partial charge in [0.1, 0.15) is 0 Å². The normalized spacial score (nSPS) is 13.5. The van der Waals surface area contributed by atoms with Gasteiger partial charge in [0.05, 0.1) is 24.5 Å². The Morgan fingerprint density at radius 3 is 2.61 bits per heavy atom. The first kappa shape index (κ1) is 22.0. The van der Waals surface area contributed by atoms with Crippen LogP contribution in [0.1, 0.15) is 26.3 Å². The predicted octanol–water partition coefficient (Wildman–Crippen LogP) is 1.64. The number of benzene rings is 2. The highest BCUT2D eigenvalue weighted by Gasteiger charge is 2.21. The highest BCUT2D eigenvalue weighted by atomic mass is 16.5. The molecule has 33 heavy (non-hydrogen) atoms. The lowest BCUT2D eigenvalue weighted by molar-refractivity contribution is 0.0303. The number of primary amides is 1. The summed E-state index contributed by atoms with van der Waals surface area (Å²) in [4.78, 5) is 45.5. The van der Waals surface area contributed by atoms with Crippen LogP contribution < -0.4 is 22.3 Å². The van der Waals surface area contributed by atoms with Gasteiger partial charge in [0.2, 0.25) is 5.91 Å². The van der Waals surface area contributed by atoms with E-state index in [0.717, 1.165) is 0 Å². The molecule has 2 aromatic carbocycles. The molecular weight excluding hydrogens is 424 g/mol. The highest BCUT2D eigenvalue weighted by molar-refractivity contribution is 6.00. The lowest BCUT2D eigenvalue weighted by Gasteiger charge is -2.27. The standard InChI is InChI=1S/C23H24N6O4/c1-13-15(3-2-4-16(13)20(25)30)19-12-26-22(31)21(28-19)27-14-5-6-17(18(24)11-14)23(32)29-7-9-33-10-8-29/h2-6,11-12H,7-10,24H2,1H3,(H2,25,30)(H,26,31)(H,27,28). The fourth-order valence-electron chi connectivity index (χ4n) is 3.72. The lowest BCUT2D eigenvalue weighted by Crippen LogP contribution is -2.40. The van der Waals surface area contributed by atoms with Crippen LogP contribution in [-0.4, -0.2) is 53.0 Å². The second-order valence-corrected chi connectivity index (χ2v) is 7.64. The van der Waals surface area contributed by atoms with Crippen molar-refractivity contribution in [1.29, 1.82) is 0 Å². The summed E-state index contributed by atoms with van der Waals surface area (Å²) in [6.07, 6.45) is 1.47. The van der Waals surface area contributed by atoms with Gasteiger partial charge in [-0.3, -0.25) is 14.4 Å². The number of H-pyrrole nitrogens is 1. The quantitative estimate of drug-likeness (QED) is 0.432. The molecular formula is C23H24N6O4. The maximum Gasteiger partial charge on any atom is 0.291 e. The van der Waals surface area contributed by atoms with E-state index in [0.29, 0.717) is 59.9 Å². The van der Waals surface area contributed by atoms with Crippen molar-refractivity contribution in [3.8, 4) is 11.3 Å². The van der Waals surface area contributed by atoms with Gasteiger partial charge in [0.25, 0.3) is 11.5 Å². The van der Waals surface area contributed by atoms with Crippen molar-refractivity contribution in [2.24, 2.45) is 5.73 Å². The zero-order valence-electron chi connectivity index (χ0n) is 18.1. The summed E-state index contributed by atoms with van der Waals surface area (Å²) >= 11 is 0. The molecule has 0 spiro atoms. The number of nitrogens with two attached hydrogens (primary N) is 2. The Morgan fingerprint density at radius 2 is 1.91 bits per heavy atom. The zero-order chi connectivity index (χ0) is 23.5. The van der Waals surface area contributed by atoms with Crippen LogP contribution in [0.2, 0.25) is 0 Å². The number of morpholine rings is 1. The summed E-state index contributed by atoms with van der Waals surface area (Å²) in [5.41, 5.74) is 14.5. The van der Waals surface area contributed by atoms with Crippen LogP contribution in [0.4, 0.5) is 17.2 Å². The Morgan fingerprint density at radius 1 is 1.15 bits per heavy atom. The third-order valence-electron chi connectivity index (χ3n) is 5.51. The molecule has 2 heterocycles. The van der Waals surface area contributed by atoms with E-state index in [9.17, 15) is 14.4 Å². The van der Waals surface area contributed by atoms with Crippen molar-refractivity contribution in [3.63, 3.8) is 0 Å². The molecule has 0 saturated carbocycles. The number of anilines is 3. The summed E-state index contributed by atoms with van der Waals surface area (Å²) in [6.45, 7) is 3.79. The van der Waals surface area contributed by atoms with Gasteiger partial charge in [-0.2, -0.15) is 0 Å². The number of nitrogens with zero attached hydrogens (tertiary/aromatic N) is 2. The van der Waals surface area contributed by atoms with Crippen molar-refractivity contribution in [3.05, 3.63) is 69.6 Å². The molecule has 0 atom stereocenters. The summed E-state index contributed by atoms with van der Waals surface area (Å²) < 4.78 is 5.28. The Labute approximate surface area is 189 Å². The Hall–Kier alpha value is -4.18. The van der Waals surface area contributed by atoms with E-state index in [2.05, 4.69) is 15.3 Å². The van der Waals surface area contributed by atoms with Gasteiger partial charge in [-0.25, -0.2) is 4.98 Å². The minimum absolute atomic E-state index is 0.0445. The molecule has 1 aliphatic heterocycles. The molecule has 170 valence electrons. The number of nitrogen functional groups attached to an aromatic ring is 1.